The van der Waals surface area contributed by atoms with Crippen LogP contribution in [0.15, 0.2) is 59.0 Å². The predicted octanol–water partition coefficient (Wildman–Crippen LogP) is 7.50. The van der Waals surface area contributed by atoms with Crippen molar-refractivity contribution < 1.29 is 9.21 Å². The molecule has 1 aliphatic rings. The minimum Gasteiger partial charge on any atom is -0.440 e. The maximum absolute atomic E-state index is 12.9. The Morgan fingerprint density at radius 3 is 2.39 bits per heavy atom. The number of anilines is 2. The normalized spacial score (nSPS) is 12.7. The van der Waals surface area contributed by atoms with Gasteiger partial charge in [-0.2, -0.15) is 0 Å². The van der Waals surface area contributed by atoms with E-state index < -0.39 is 0 Å². The Bertz CT molecular complexity index is 1300. The second-order valence-corrected chi connectivity index (χ2v) is 8.51. The highest BCUT2D eigenvalue weighted by molar-refractivity contribution is 6.34. The minimum absolute atomic E-state index is 0.350. The number of nitrogens with one attached hydrogen (secondary N) is 2. The highest BCUT2D eigenvalue weighted by Crippen LogP contribution is 2.43. The summed E-state index contributed by atoms with van der Waals surface area (Å²) in [5, 5.41) is 7.48. The number of furan rings is 1. The zero-order valence-electron chi connectivity index (χ0n) is 17.5. The molecule has 0 spiro atoms. The molecule has 4 aromatic rings. The molecule has 2 N–H and O–H groups in total. The average Bonchev–Trinajstić information content (AvgIpc) is 3.33. The van der Waals surface area contributed by atoms with Crippen molar-refractivity contribution >= 4 is 40.2 Å². The van der Waals surface area contributed by atoms with E-state index in [-0.39, 0.29) is 6.03 Å². The molecule has 1 aliphatic carbocycles. The fourth-order valence-corrected chi connectivity index (χ4v) is 4.67. The summed E-state index contributed by atoms with van der Waals surface area (Å²) in [6, 6.07) is 17.5. The van der Waals surface area contributed by atoms with Gasteiger partial charge in [0.25, 0.3) is 0 Å². The number of benzene rings is 3. The van der Waals surface area contributed by atoms with E-state index in [1.165, 1.54) is 11.1 Å². The van der Waals surface area contributed by atoms with Gasteiger partial charge in [0.1, 0.15) is 5.58 Å². The lowest BCUT2D eigenvalue weighted by Crippen LogP contribution is -2.20. The van der Waals surface area contributed by atoms with Crippen LogP contribution in [-0.2, 0) is 12.8 Å². The molecular weight excluding hydrogens is 408 g/mol. The second-order valence-electron chi connectivity index (χ2n) is 8.10. The first kappa shape index (κ1) is 19.7. The molecule has 0 saturated carbocycles. The van der Waals surface area contributed by atoms with Gasteiger partial charge in [-0.3, -0.25) is 5.32 Å². The van der Waals surface area contributed by atoms with Crippen molar-refractivity contribution in [3.05, 3.63) is 81.9 Å². The number of hydrogen-bond donors (Lipinski definition) is 2. The van der Waals surface area contributed by atoms with Crippen LogP contribution in [0.25, 0.3) is 22.1 Å². The molecule has 0 fully saturated rings. The Morgan fingerprint density at radius 1 is 0.935 bits per heavy atom. The summed E-state index contributed by atoms with van der Waals surface area (Å²) in [4.78, 5) is 12.9. The molecule has 31 heavy (non-hydrogen) atoms. The fourth-order valence-electron chi connectivity index (χ4n) is 4.44. The lowest BCUT2D eigenvalue weighted by Gasteiger charge is -2.12. The van der Waals surface area contributed by atoms with Crippen LogP contribution in [0.1, 0.15) is 28.7 Å². The lowest BCUT2D eigenvalue weighted by atomic mass is 10.0. The smallest absolute Gasteiger partial charge is 0.326 e. The van der Waals surface area contributed by atoms with E-state index in [1.807, 2.05) is 56.3 Å². The van der Waals surface area contributed by atoms with Gasteiger partial charge in [0.05, 0.1) is 5.56 Å². The van der Waals surface area contributed by atoms with E-state index >= 15 is 0 Å². The number of aryl methyl sites for hydroxylation is 4. The molecule has 5 rings (SSSR count). The van der Waals surface area contributed by atoms with Crippen LogP contribution in [0.4, 0.5) is 16.4 Å². The molecule has 5 heteroatoms. The fraction of sp³-hybridized carbons (Fsp3) is 0.192. The molecule has 1 aromatic heterocycles. The van der Waals surface area contributed by atoms with E-state index in [0.29, 0.717) is 10.9 Å². The highest BCUT2D eigenvalue weighted by Gasteiger charge is 2.23. The van der Waals surface area contributed by atoms with Crippen molar-refractivity contribution in [3.63, 3.8) is 0 Å². The van der Waals surface area contributed by atoms with Gasteiger partial charge in [-0.05, 0) is 73.6 Å². The summed E-state index contributed by atoms with van der Waals surface area (Å²) >= 11 is 6.54. The number of hydrogen-bond acceptors (Lipinski definition) is 2. The van der Waals surface area contributed by atoms with Crippen molar-refractivity contribution in [1.29, 1.82) is 0 Å². The van der Waals surface area contributed by atoms with Gasteiger partial charge in [-0.25, -0.2) is 4.79 Å². The van der Waals surface area contributed by atoms with Gasteiger partial charge in [0, 0.05) is 21.7 Å². The molecule has 0 radical (unpaired) electrons. The molecule has 3 aromatic carbocycles. The Kier molecular flexibility index (Phi) is 4.95. The minimum atomic E-state index is -0.350. The molecule has 4 nitrogen and oxygen atoms in total. The number of urea groups is 1. The second kappa shape index (κ2) is 7.78. The zero-order chi connectivity index (χ0) is 21.5. The van der Waals surface area contributed by atoms with Gasteiger partial charge in [-0.1, -0.05) is 48.0 Å². The molecule has 0 aliphatic heterocycles. The largest absolute Gasteiger partial charge is 0.440 e. The SMILES string of the molecule is Cc1cccc(C)c1NC(=O)Nc1oc2cc3c(cc2c1-c1ccccc1Cl)CCC3. The predicted molar refractivity (Wildman–Crippen MR) is 127 cm³/mol. The number of carbonyl (C=O) groups excluding carboxylic acids is 1. The number of carbonyl (C=O) groups is 1. The topological polar surface area (TPSA) is 54.3 Å². The van der Waals surface area contributed by atoms with Gasteiger partial charge in [0.15, 0.2) is 0 Å². The van der Waals surface area contributed by atoms with Crippen LogP contribution in [-0.4, -0.2) is 6.03 Å². The Labute approximate surface area is 186 Å². The van der Waals surface area contributed by atoms with Crippen LogP contribution in [0.3, 0.4) is 0 Å². The molecule has 156 valence electrons. The van der Waals surface area contributed by atoms with E-state index in [1.54, 1.807) is 0 Å². The number of fused-ring (bicyclic) bond motifs is 2. The van der Waals surface area contributed by atoms with E-state index in [4.69, 9.17) is 16.0 Å². The van der Waals surface area contributed by atoms with E-state index in [2.05, 4.69) is 22.8 Å². The summed E-state index contributed by atoms with van der Waals surface area (Å²) in [7, 11) is 0. The zero-order valence-corrected chi connectivity index (χ0v) is 18.3. The van der Waals surface area contributed by atoms with Gasteiger partial charge >= 0.3 is 6.03 Å². The quantitative estimate of drug-likeness (QED) is 0.353. The van der Waals surface area contributed by atoms with Crippen LogP contribution in [0.2, 0.25) is 5.02 Å². The molecule has 2 amide bonds. The van der Waals surface area contributed by atoms with Gasteiger partial charge in [-0.15, -0.1) is 0 Å². The standard InChI is InChI=1S/C26H23ClN2O2/c1-15-7-5-8-16(2)24(15)28-26(30)29-25-23(19-11-3-4-12-21(19)27)20-13-17-9-6-10-18(17)14-22(20)31-25/h3-5,7-8,11-14H,6,9-10H2,1-2H3,(H2,28,29,30). The molecule has 0 saturated heterocycles. The maximum Gasteiger partial charge on any atom is 0.326 e. The van der Waals surface area contributed by atoms with Crippen LogP contribution in [0, 0.1) is 13.8 Å². The summed E-state index contributed by atoms with van der Waals surface area (Å²) in [5.41, 5.74) is 7.87. The Morgan fingerprint density at radius 2 is 1.65 bits per heavy atom. The van der Waals surface area contributed by atoms with Crippen LogP contribution < -0.4 is 10.6 Å². The van der Waals surface area contributed by atoms with Gasteiger partial charge in [0.2, 0.25) is 5.88 Å². The molecule has 1 heterocycles. The summed E-state index contributed by atoms with van der Waals surface area (Å²) in [6.07, 6.45) is 3.28. The summed E-state index contributed by atoms with van der Waals surface area (Å²) in [5.74, 6) is 0.399. The lowest BCUT2D eigenvalue weighted by molar-refractivity contribution is 0.261. The summed E-state index contributed by atoms with van der Waals surface area (Å²) < 4.78 is 6.17. The van der Waals surface area contributed by atoms with Crippen molar-refractivity contribution in [1.82, 2.24) is 0 Å². The number of amides is 2. The van der Waals surface area contributed by atoms with E-state index in [0.717, 1.165) is 58.2 Å². The first-order valence-corrected chi connectivity index (χ1v) is 10.9. The number of halogens is 1. The first-order chi connectivity index (χ1) is 15.0. The number of rotatable bonds is 3. The van der Waals surface area contributed by atoms with Crippen molar-refractivity contribution in [2.75, 3.05) is 10.6 Å². The van der Waals surface area contributed by atoms with Gasteiger partial charge < -0.3 is 9.73 Å². The maximum atomic E-state index is 12.9. The third kappa shape index (κ3) is 3.57. The molecular formula is C26H23ClN2O2. The van der Waals surface area contributed by atoms with Crippen molar-refractivity contribution in [3.8, 4) is 11.1 Å². The average molecular weight is 431 g/mol. The third-order valence-corrected chi connectivity index (χ3v) is 6.32. The summed E-state index contributed by atoms with van der Waals surface area (Å²) in [6.45, 7) is 3.95. The van der Waals surface area contributed by atoms with E-state index in [9.17, 15) is 4.79 Å². The van der Waals surface area contributed by atoms with Crippen molar-refractivity contribution in [2.24, 2.45) is 0 Å². The molecule has 0 atom stereocenters. The number of para-hydroxylation sites is 1. The Hall–Kier alpha value is -3.24. The van der Waals surface area contributed by atoms with Crippen LogP contribution >= 0.6 is 11.6 Å². The highest BCUT2D eigenvalue weighted by atomic mass is 35.5. The monoisotopic (exact) mass is 430 g/mol. The van der Waals surface area contributed by atoms with Crippen molar-refractivity contribution in [2.45, 2.75) is 33.1 Å². The molecule has 0 bridgehead atoms. The third-order valence-electron chi connectivity index (χ3n) is 5.99. The Balaban J connectivity index is 1.59. The molecule has 0 unspecified atom stereocenters. The first-order valence-electron chi connectivity index (χ1n) is 10.5. The van der Waals surface area contributed by atoms with Crippen LogP contribution in [0.5, 0.6) is 0 Å².